The number of hydrogen-bond acceptors (Lipinski definition) is 6. The lowest BCUT2D eigenvalue weighted by molar-refractivity contribution is -0.119. The molecule has 0 bridgehead atoms. The zero-order valence-electron chi connectivity index (χ0n) is 15.6. The first kappa shape index (κ1) is 18.9. The monoisotopic (exact) mass is 410 g/mol. The van der Waals surface area contributed by atoms with Crippen molar-refractivity contribution in [1.82, 2.24) is 10.3 Å². The Morgan fingerprint density at radius 1 is 1.24 bits per heavy atom. The SMILES string of the molecule is CC(=O)NCc1ccc(-c2csc(NC(=O)c3ccc4c(c3)CCC(=O)N4)n2)o1. The number of aryl methyl sites for hydroxylation is 1. The van der Waals surface area contributed by atoms with Crippen molar-refractivity contribution in [3.63, 3.8) is 0 Å². The predicted octanol–water partition coefficient (Wildman–Crippen LogP) is 3.18. The third-order valence-corrected chi connectivity index (χ3v) is 5.17. The Kier molecular flexibility index (Phi) is 5.13. The van der Waals surface area contributed by atoms with E-state index in [2.05, 4.69) is 20.9 Å². The van der Waals surface area contributed by atoms with Crippen LogP contribution in [0.2, 0.25) is 0 Å². The zero-order chi connectivity index (χ0) is 20.4. The topological polar surface area (TPSA) is 113 Å². The summed E-state index contributed by atoms with van der Waals surface area (Å²) >= 11 is 1.29. The summed E-state index contributed by atoms with van der Waals surface area (Å²) in [6.07, 6.45) is 1.03. The van der Waals surface area contributed by atoms with Crippen molar-refractivity contribution in [2.24, 2.45) is 0 Å². The fourth-order valence-corrected chi connectivity index (χ4v) is 3.66. The van der Waals surface area contributed by atoms with Crippen molar-refractivity contribution < 1.29 is 18.8 Å². The van der Waals surface area contributed by atoms with Gasteiger partial charge >= 0.3 is 0 Å². The van der Waals surface area contributed by atoms with Crippen LogP contribution in [0.5, 0.6) is 0 Å². The van der Waals surface area contributed by atoms with Gasteiger partial charge in [-0.15, -0.1) is 11.3 Å². The van der Waals surface area contributed by atoms with E-state index >= 15 is 0 Å². The number of fused-ring (bicyclic) bond motifs is 1. The molecule has 0 unspecified atom stereocenters. The second-order valence-corrected chi connectivity index (χ2v) is 7.45. The van der Waals surface area contributed by atoms with Crippen molar-refractivity contribution in [3.05, 3.63) is 52.6 Å². The molecule has 3 amide bonds. The van der Waals surface area contributed by atoms with Gasteiger partial charge in [-0.3, -0.25) is 19.7 Å². The molecule has 1 aliphatic rings. The van der Waals surface area contributed by atoms with Crippen molar-refractivity contribution in [2.45, 2.75) is 26.3 Å². The highest BCUT2D eigenvalue weighted by Crippen LogP contribution is 2.28. The molecular weight excluding hydrogens is 392 g/mol. The van der Waals surface area contributed by atoms with Gasteiger partial charge in [-0.25, -0.2) is 4.98 Å². The second-order valence-electron chi connectivity index (χ2n) is 6.59. The average molecular weight is 410 g/mol. The highest BCUT2D eigenvalue weighted by atomic mass is 32.1. The van der Waals surface area contributed by atoms with Gasteiger partial charge < -0.3 is 15.1 Å². The Balaban J connectivity index is 1.43. The summed E-state index contributed by atoms with van der Waals surface area (Å²) < 4.78 is 5.68. The Morgan fingerprint density at radius 2 is 2.10 bits per heavy atom. The third-order valence-electron chi connectivity index (χ3n) is 4.41. The number of carbonyl (C=O) groups is 3. The Morgan fingerprint density at radius 3 is 2.93 bits per heavy atom. The van der Waals surface area contributed by atoms with Gasteiger partial charge in [0.15, 0.2) is 10.9 Å². The van der Waals surface area contributed by atoms with E-state index in [1.165, 1.54) is 18.3 Å². The maximum absolute atomic E-state index is 12.6. The van der Waals surface area contributed by atoms with Gasteiger partial charge in [0.05, 0.1) is 6.54 Å². The first-order valence-corrected chi connectivity index (χ1v) is 9.89. The van der Waals surface area contributed by atoms with E-state index in [0.717, 1.165) is 11.3 Å². The van der Waals surface area contributed by atoms with Crippen LogP contribution in [-0.2, 0) is 22.6 Å². The number of thiazole rings is 1. The molecule has 0 saturated carbocycles. The van der Waals surface area contributed by atoms with E-state index < -0.39 is 0 Å². The summed E-state index contributed by atoms with van der Waals surface area (Å²) in [7, 11) is 0. The van der Waals surface area contributed by atoms with Crippen molar-refractivity contribution >= 4 is 39.9 Å². The van der Waals surface area contributed by atoms with Gasteiger partial charge in [0.1, 0.15) is 11.5 Å². The van der Waals surface area contributed by atoms with Crippen LogP contribution in [0.3, 0.4) is 0 Å². The van der Waals surface area contributed by atoms with Gasteiger partial charge in [0.25, 0.3) is 5.91 Å². The molecule has 1 aliphatic heterocycles. The summed E-state index contributed by atoms with van der Waals surface area (Å²) in [4.78, 5) is 39.4. The summed E-state index contributed by atoms with van der Waals surface area (Å²) in [6.45, 7) is 1.75. The predicted molar refractivity (Wildman–Crippen MR) is 109 cm³/mol. The summed E-state index contributed by atoms with van der Waals surface area (Å²) in [5, 5.41) is 10.5. The smallest absolute Gasteiger partial charge is 0.257 e. The van der Waals surface area contributed by atoms with Crippen molar-refractivity contribution in [3.8, 4) is 11.5 Å². The lowest BCUT2D eigenvalue weighted by Gasteiger charge is -2.17. The first-order valence-electron chi connectivity index (χ1n) is 9.01. The van der Waals surface area contributed by atoms with Gasteiger partial charge in [0, 0.05) is 30.0 Å². The van der Waals surface area contributed by atoms with Crippen LogP contribution in [0.25, 0.3) is 11.5 Å². The number of amides is 3. The number of anilines is 2. The van der Waals surface area contributed by atoms with Crippen molar-refractivity contribution in [2.75, 3.05) is 10.6 Å². The molecule has 0 fully saturated rings. The summed E-state index contributed by atoms with van der Waals surface area (Å²) in [5.41, 5.74) is 2.81. The van der Waals surface area contributed by atoms with Crippen LogP contribution in [0, 0.1) is 0 Å². The third kappa shape index (κ3) is 4.35. The molecular formula is C20H18N4O4S. The molecule has 2 aromatic heterocycles. The Labute approximate surface area is 170 Å². The number of rotatable bonds is 5. The normalized spacial score (nSPS) is 12.8. The number of nitrogens with one attached hydrogen (secondary N) is 3. The first-order chi connectivity index (χ1) is 14.0. The molecule has 148 valence electrons. The van der Waals surface area contributed by atoms with Crippen LogP contribution in [0.1, 0.15) is 35.0 Å². The van der Waals surface area contributed by atoms with Crippen LogP contribution in [0.4, 0.5) is 10.8 Å². The number of nitrogens with zero attached hydrogens (tertiary/aromatic N) is 1. The molecule has 4 rings (SSSR count). The second kappa shape index (κ2) is 7.88. The van der Waals surface area contributed by atoms with E-state index in [0.29, 0.717) is 47.3 Å². The molecule has 29 heavy (non-hydrogen) atoms. The lowest BCUT2D eigenvalue weighted by Crippen LogP contribution is -2.20. The van der Waals surface area contributed by atoms with E-state index in [4.69, 9.17) is 4.42 Å². The molecule has 3 heterocycles. The number of hydrogen-bond donors (Lipinski definition) is 3. The highest BCUT2D eigenvalue weighted by Gasteiger charge is 2.18. The fraction of sp³-hybridized carbons (Fsp3) is 0.200. The van der Waals surface area contributed by atoms with E-state index in [1.54, 1.807) is 35.7 Å². The highest BCUT2D eigenvalue weighted by molar-refractivity contribution is 7.14. The summed E-state index contributed by atoms with van der Waals surface area (Å²) in [5.74, 6) is 0.771. The number of furan rings is 1. The molecule has 8 nitrogen and oxygen atoms in total. The van der Waals surface area contributed by atoms with E-state index in [9.17, 15) is 14.4 Å². The van der Waals surface area contributed by atoms with Crippen LogP contribution < -0.4 is 16.0 Å². The summed E-state index contributed by atoms with van der Waals surface area (Å²) in [6, 6.07) is 8.76. The maximum Gasteiger partial charge on any atom is 0.257 e. The number of benzene rings is 1. The van der Waals surface area contributed by atoms with Gasteiger partial charge in [0.2, 0.25) is 11.8 Å². The largest absolute Gasteiger partial charge is 0.458 e. The fourth-order valence-electron chi connectivity index (χ4n) is 2.96. The van der Waals surface area contributed by atoms with Gasteiger partial charge in [-0.1, -0.05) is 0 Å². The quantitative estimate of drug-likeness (QED) is 0.598. The minimum Gasteiger partial charge on any atom is -0.458 e. The molecule has 0 aliphatic carbocycles. The standard InChI is InChI=1S/C20H18N4O4S/c1-11(25)21-9-14-4-6-17(28-14)16-10-29-20(23-16)24-19(27)13-2-5-15-12(8-13)3-7-18(26)22-15/h2,4-6,8,10H,3,7,9H2,1H3,(H,21,25)(H,22,26)(H,23,24,27). The minimum absolute atomic E-state index is 0.0109. The number of carbonyl (C=O) groups excluding carboxylic acids is 3. The molecule has 3 N–H and O–H groups in total. The lowest BCUT2D eigenvalue weighted by atomic mass is 10.0. The van der Waals surface area contributed by atoms with Gasteiger partial charge in [-0.05, 0) is 42.3 Å². The molecule has 0 saturated heterocycles. The van der Waals surface area contributed by atoms with E-state index in [1.807, 2.05) is 0 Å². The molecule has 0 spiro atoms. The Hall–Kier alpha value is -3.46. The average Bonchev–Trinajstić information content (AvgIpc) is 3.35. The number of aromatic nitrogens is 1. The van der Waals surface area contributed by atoms with Gasteiger partial charge in [-0.2, -0.15) is 0 Å². The Bertz CT molecular complexity index is 1100. The zero-order valence-corrected chi connectivity index (χ0v) is 16.4. The van der Waals surface area contributed by atoms with Crippen molar-refractivity contribution in [1.29, 1.82) is 0 Å². The van der Waals surface area contributed by atoms with Crippen LogP contribution in [0.15, 0.2) is 40.1 Å². The van der Waals surface area contributed by atoms with Crippen LogP contribution in [-0.4, -0.2) is 22.7 Å². The molecule has 1 aromatic carbocycles. The molecule has 0 atom stereocenters. The minimum atomic E-state index is -0.267. The van der Waals surface area contributed by atoms with Crippen LogP contribution >= 0.6 is 11.3 Å². The van der Waals surface area contributed by atoms with E-state index in [-0.39, 0.29) is 17.7 Å². The molecule has 3 aromatic rings. The maximum atomic E-state index is 12.6. The molecule has 0 radical (unpaired) electrons. The molecule has 9 heteroatoms.